The van der Waals surface area contributed by atoms with Crippen LogP contribution in [0.1, 0.15) is 0 Å². The van der Waals surface area contributed by atoms with E-state index in [1.807, 2.05) is 6.07 Å². The largest absolute Gasteiger partial charge is 0.507 e. The van der Waals surface area contributed by atoms with Gasteiger partial charge in [-0.2, -0.15) is 0 Å². The molecule has 37 heavy (non-hydrogen) atoms. The van der Waals surface area contributed by atoms with E-state index in [2.05, 4.69) is 133 Å². The molecule has 7 aromatic rings. The minimum atomic E-state index is 0.281. The van der Waals surface area contributed by atoms with E-state index in [-0.39, 0.29) is 5.75 Å². The maximum atomic E-state index is 11.5. The topological polar surface area (TPSA) is 20.2 Å². The minimum Gasteiger partial charge on any atom is -0.507 e. The van der Waals surface area contributed by atoms with E-state index < -0.39 is 0 Å². The van der Waals surface area contributed by atoms with E-state index >= 15 is 0 Å². The number of hydrogen-bond donors (Lipinski definition) is 1. The molecule has 0 aromatic heterocycles. The van der Waals surface area contributed by atoms with Crippen LogP contribution in [0.4, 0.5) is 0 Å². The Balaban J connectivity index is 1.67. The first kappa shape index (κ1) is 21.4. The summed E-state index contributed by atoms with van der Waals surface area (Å²) in [5.74, 6) is 0.281. The van der Waals surface area contributed by atoms with Gasteiger partial charge in [-0.25, -0.2) is 0 Å². The van der Waals surface area contributed by atoms with Gasteiger partial charge in [-0.3, -0.25) is 0 Å². The quantitative estimate of drug-likeness (QED) is 0.271. The molecule has 0 aliphatic rings. The monoisotopic (exact) mass is 472 g/mol. The molecule has 7 aromatic carbocycles. The van der Waals surface area contributed by atoms with E-state index in [0.717, 1.165) is 44.2 Å². The number of hydrogen-bond acceptors (Lipinski definition) is 1. The second-order valence-electron chi connectivity index (χ2n) is 9.46. The van der Waals surface area contributed by atoms with Crippen molar-refractivity contribution in [3.8, 4) is 39.1 Å². The Hall–Kier alpha value is -4.88. The Bertz CT molecular complexity index is 1930. The molecule has 1 nitrogen and oxygen atoms in total. The van der Waals surface area contributed by atoms with Crippen LogP contribution in [-0.4, -0.2) is 5.11 Å². The molecule has 0 atom stereocenters. The zero-order valence-corrected chi connectivity index (χ0v) is 20.2. The fourth-order valence-corrected chi connectivity index (χ4v) is 5.72. The van der Waals surface area contributed by atoms with Crippen molar-refractivity contribution in [3.63, 3.8) is 0 Å². The lowest BCUT2D eigenvalue weighted by atomic mass is 9.83. The lowest BCUT2D eigenvalue weighted by Gasteiger charge is -2.21. The van der Waals surface area contributed by atoms with Crippen molar-refractivity contribution in [1.29, 1.82) is 0 Å². The van der Waals surface area contributed by atoms with Crippen LogP contribution in [0.5, 0.6) is 5.75 Å². The van der Waals surface area contributed by atoms with Crippen LogP contribution in [-0.2, 0) is 0 Å². The first-order chi connectivity index (χ1) is 18.3. The Morgan fingerprint density at radius 1 is 0.297 bits per heavy atom. The third kappa shape index (κ3) is 3.48. The lowest BCUT2D eigenvalue weighted by molar-refractivity contribution is 0.477. The van der Waals surface area contributed by atoms with Gasteiger partial charge in [-0.05, 0) is 60.6 Å². The molecule has 0 aliphatic heterocycles. The second-order valence-corrected chi connectivity index (χ2v) is 9.46. The van der Waals surface area contributed by atoms with E-state index in [1.54, 1.807) is 0 Å². The average molecular weight is 473 g/mol. The highest BCUT2D eigenvalue weighted by molar-refractivity contribution is 6.12. The van der Waals surface area contributed by atoms with E-state index in [9.17, 15) is 5.11 Å². The van der Waals surface area contributed by atoms with Crippen molar-refractivity contribution >= 4 is 32.3 Å². The predicted molar refractivity (Wildman–Crippen MR) is 157 cm³/mol. The summed E-state index contributed by atoms with van der Waals surface area (Å²) in [5.41, 5.74) is 6.31. The molecule has 7 rings (SSSR count). The molecule has 0 saturated carbocycles. The first-order valence-electron chi connectivity index (χ1n) is 12.6. The molecular weight excluding hydrogens is 448 g/mol. The van der Waals surface area contributed by atoms with E-state index in [0.29, 0.717) is 0 Å². The van der Waals surface area contributed by atoms with Gasteiger partial charge < -0.3 is 5.11 Å². The van der Waals surface area contributed by atoms with Gasteiger partial charge in [-0.1, -0.05) is 133 Å². The molecule has 1 heteroatoms. The Labute approximate surface area is 215 Å². The highest BCUT2D eigenvalue weighted by Crippen LogP contribution is 2.49. The van der Waals surface area contributed by atoms with Crippen LogP contribution in [0.25, 0.3) is 65.7 Å². The summed E-state index contributed by atoms with van der Waals surface area (Å²) < 4.78 is 0. The van der Waals surface area contributed by atoms with Gasteiger partial charge in [0.05, 0.1) is 0 Å². The summed E-state index contributed by atoms with van der Waals surface area (Å²) >= 11 is 0. The average Bonchev–Trinajstić information content (AvgIpc) is 2.96. The van der Waals surface area contributed by atoms with Crippen molar-refractivity contribution < 1.29 is 5.11 Å². The minimum absolute atomic E-state index is 0.281. The first-order valence-corrected chi connectivity index (χ1v) is 12.6. The predicted octanol–water partition coefficient (Wildman–Crippen LogP) is 9.85. The molecule has 0 unspecified atom stereocenters. The van der Waals surface area contributed by atoms with Crippen molar-refractivity contribution in [2.45, 2.75) is 0 Å². The second kappa shape index (κ2) is 8.65. The number of fused-ring (bicyclic) bond motifs is 3. The molecule has 0 heterocycles. The number of phenolic OH excluding ortho intramolecular Hbond substituents is 1. The van der Waals surface area contributed by atoms with Crippen molar-refractivity contribution in [2.24, 2.45) is 0 Å². The molecule has 0 amide bonds. The number of rotatable bonds is 3. The molecule has 0 aliphatic carbocycles. The van der Waals surface area contributed by atoms with Crippen LogP contribution in [0.3, 0.4) is 0 Å². The van der Waals surface area contributed by atoms with Crippen LogP contribution < -0.4 is 0 Å². The fourth-order valence-electron chi connectivity index (χ4n) is 5.72. The van der Waals surface area contributed by atoms with Crippen molar-refractivity contribution in [2.75, 3.05) is 0 Å². The van der Waals surface area contributed by atoms with Gasteiger partial charge in [0, 0.05) is 11.1 Å². The Kier molecular flexibility index (Phi) is 5.01. The molecule has 1 N–H and O–H groups in total. The fraction of sp³-hybridized carbons (Fsp3) is 0. The van der Waals surface area contributed by atoms with Crippen molar-refractivity contribution in [1.82, 2.24) is 0 Å². The van der Waals surface area contributed by atoms with Crippen LogP contribution in [0, 0.1) is 0 Å². The van der Waals surface area contributed by atoms with Gasteiger partial charge in [0.1, 0.15) is 5.75 Å². The van der Waals surface area contributed by atoms with Gasteiger partial charge in [0.25, 0.3) is 0 Å². The summed E-state index contributed by atoms with van der Waals surface area (Å²) in [6, 6.07) is 48.5. The normalized spacial score (nSPS) is 11.4. The Morgan fingerprint density at radius 2 is 0.703 bits per heavy atom. The molecular formula is C36H24O. The molecule has 0 spiro atoms. The summed E-state index contributed by atoms with van der Waals surface area (Å²) in [5, 5.41) is 18.5. The number of aromatic hydroxyl groups is 1. The zero-order chi connectivity index (χ0) is 24.8. The highest BCUT2D eigenvalue weighted by Gasteiger charge is 2.21. The van der Waals surface area contributed by atoms with E-state index in [1.165, 1.54) is 21.5 Å². The van der Waals surface area contributed by atoms with Crippen molar-refractivity contribution in [3.05, 3.63) is 140 Å². The summed E-state index contributed by atoms with van der Waals surface area (Å²) in [6.45, 7) is 0. The molecule has 174 valence electrons. The SMILES string of the molecule is Oc1ccc(-c2cccc3ccccc23)c(-c2cccc3ccccc23)c1-c1cccc2ccccc12. The molecule has 0 bridgehead atoms. The maximum Gasteiger partial charge on any atom is 0.124 e. The van der Waals surface area contributed by atoms with Gasteiger partial charge in [0.15, 0.2) is 0 Å². The van der Waals surface area contributed by atoms with E-state index in [4.69, 9.17) is 0 Å². The smallest absolute Gasteiger partial charge is 0.124 e. The summed E-state index contributed by atoms with van der Waals surface area (Å²) in [4.78, 5) is 0. The highest BCUT2D eigenvalue weighted by atomic mass is 16.3. The van der Waals surface area contributed by atoms with Crippen LogP contribution in [0.15, 0.2) is 140 Å². The van der Waals surface area contributed by atoms with Gasteiger partial charge >= 0.3 is 0 Å². The van der Waals surface area contributed by atoms with Crippen LogP contribution >= 0.6 is 0 Å². The standard InChI is InChI=1S/C36H24O/c37-34-23-22-33(30-19-7-13-24-10-1-4-16-27(24)30)35(31-20-8-14-25-11-2-5-17-28(25)31)36(34)32-21-9-15-26-12-3-6-18-29(26)32/h1-23,37H. The summed E-state index contributed by atoms with van der Waals surface area (Å²) in [7, 11) is 0. The summed E-state index contributed by atoms with van der Waals surface area (Å²) in [6.07, 6.45) is 0. The zero-order valence-electron chi connectivity index (χ0n) is 20.2. The molecule has 0 saturated heterocycles. The number of benzene rings is 7. The third-order valence-corrected chi connectivity index (χ3v) is 7.38. The van der Waals surface area contributed by atoms with Crippen LogP contribution in [0.2, 0.25) is 0 Å². The lowest BCUT2D eigenvalue weighted by Crippen LogP contribution is -1.94. The molecule has 0 fully saturated rings. The van der Waals surface area contributed by atoms with Gasteiger partial charge in [-0.15, -0.1) is 0 Å². The number of phenols is 1. The Morgan fingerprint density at radius 3 is 1.24 bits per heavy atom. The van der Waals surface area contributed by atoms with Gasteiger partial charge in [0.2, 0.25) is 0 Å². The maximum absolute atomic E-state index is 11.5. The molecule has 0 radical (unpaired) electrons. The third-order valence-electron chi connectivity index (χ3n) is 7.38.